The van der Waals surface area contributed by atoms with Gasteiger partial charge >= 0.3 is 0 Å². The van der Waals surface area contributed by atoms with Crippen molar-refractivity contribution >= 4 is 21.8 Å². The van der Waals surface area contributed by atoms with Crippen molar-refractivity contribution < 1.29 is 4.79 Å². The molecule has 0 aliphatic rings. The van der Waals surface area contributed by atoms with Gasteiger partial charge in [-0.15, -0.1) is 5.10 Å². The summed E-state index contributed by atoms with van der Waals surface area (Å²) >= 11 is 3.40. The van der Waals surface area contributed by atoms with E-state index in [2.05, 4.69) is 31.6 Å². The maximum atomic E-state index is 12.3. The topological polar surface area (TPSA) is 59.8 Å². The minimum atomic E-state index is -0.202. The zero-order valence-corrected chi connectivity index (χ0v) is 14.8. The van der Waals surface area contributed by atoms with Crippen molar-refractivity contribution in [3.05, 3.63) is 76.0 Å². The molecule has 6 heteroatoms. The normalized spacial score (nSPS) is 10.6. The van der Waals surface area contributed by atoms with Gasteiger partial charge in [0.05, 0.1) is 11.4 Å². The van der Waals surface area contributed by atoms with Crippen molar-refractivity contribution in [2.24, 2.45) is 0 Å². The molecule has 0 spiro atoms. The molecule has 0 saturated heterocycles. The number of amides is 1. The Hall–Kier alpha value is -2.47. The van der Waals surface area contributed by atoms with Gasteiger partial charge in [-0.05, 0) is 43.2 Å². The molecule has 0 radical (unpaired) electrons. The average Bonchev–Trinajstić information content (AvgIpc) is 2.98. The molecule has 0 fully saturated rings. The summed E-state index contributed by atoms with van der Waals surface area (Å²) < 4.78 is 2.65. The van der Waals surface area contributed by atoms with E-state index >= 15 is 0 Å². The van der Waals surface area contributed by atoms with E-state index < -0.39 is 0 Å². The summed E-state index contributed by atoms with van der Waals surface area (Å²) in [5.74, 6) is -0.202. The van der Waals surface area contributed by atoms with E-state index in [1.165, 1.54) is 5.56 Å². The molecule has 0 aliphatic carbocycles. The molecule has 24 heavy (non-hydrogen) atoms. The second kappa shape index (κ2) is 7.40. The quantitative estimate of drug-likeness (QED) is 0.733. The van der Waals surface area contributed by atoms with E-state index in [-0.39, 0.29) is 5.91 Å². The Kier molecular flexibility index (Phi) is 5.05. The fourth-order valence-corrected chi connectivity index (χ4v) is 2.68. The van der Waals surface area contributed by atoms with Gasteiger partial charge in [-0.3, -0.25) is 4.79 Å². The lowest BCUT2D eigenvalue weighted by Crippen LogP contribution is -2.26. The first-order chi connectivity index (χ1) is 11.6. The predicted molar refractivity (Wildman–Crippen MR) is 96.3 cm³/mol. The summed E-state index contributed by atoms with van der Waals surface area (Å²) in [7, 11) is 0. The number of carbonyl (C=O) groups excluding carboxylic acids is 1. The molecule has 1 amide bonds. The molecule has 5 nitrogen and oxygen atoms in total. The summed E-state index contributed by atoms with van der Waals surface area (Å²) in [5.41, 5.74) is 3.13. The van der Waals surface area contributed by atoms with Crippen LogP contribution in [0.4, 0.5) is 0 Å². The van der Waals surface area contributed by atoms with Crippen molar-refractivity contribution in [1.29, 1.82) is 0 Å². The number of hydrogen-bond donors (Lipinski definition) is 1. The van der Waals surface area contributed by atoms with Crippen molar-refractivity contribution in [3.63, 3.8) is 0 Å². The molecule has 1 heterocycles. The fraction of sp³-hybridized carbons (Fsp3) is 0.167. The van der Waals surface area contributed by atoms with Crippen LogP contribution in [0, 0.1) is 6.92 Å². The molecule has 1 N–H and O–H groups in total. The van der Waals surface area contributed by atoms with Crippen LogP contribution in [0.15, 0.2) is 59.1 Å². The van der Waals surface area contributed by atoms with Gasteiger partial charge in [-0.2, -0.15) is 0 Å². The first-order valence-electron chi connectivity index (χ1n) is 7.65. The Morgan fingerprint density at radius 2 is 1.83 bits per heavy atom. The number of benzene rings is 2. The third-order valence-corrected chi connectivity index (χ3v) is 4.25. The third kappa shape index (κ3) is 3.71. The fourth-order valence-electron chi connectivity index (χ4n) is 2.42. The number of halogens is 1. The van der Waals surface area contributed by atoms with Gasteiger partial charge in [-0.25, -0.2) is 4.68 Å². The number of carbonyl (C=O) groups is 1. The average molecular weight is 385 g/mol. The predicted octanol–water partition coefficient (Wildman–Crippen LogP) is 3.31. The highest BCUT2D eigenvalue weighted by atomic mass is 79.9. The lowest BCUT2D eigenvalue weighted by molar-refractivity contribution is 0.0948. The SMILES string of the molecule is Cc1c(C(=O)NCCc2ccccc2)nnn1-c1ccc(Br)cc1. The van der Waals surface area contributed by atoms with E-state index in [0.717, 1.165) is 22.3 Å². The summed E-state index contributed by atoms with van der Waals surface area (Å²) in [6.07, 6.45) is 0.784. The first-order valence-corrected chi connectivity index (χ1v) is 8.45. The van der Waals surface area contributed by atoms with Gasteiger partial charge in [0.1, 0.15) is 0 Å². The minimum absolute atomic E-state index is 0.202. The zero-order chi connectivity index (χ0) is 16.9. The van der Waals surface area contributed by atoms with Crippen LogP contribution in [0.5, 0.6) is 0 Å². The van der Waals surface area contributed by atoms with Crippen LogP contribution in [0.25, 0.3) is 5.69 Å². The second-order valence-corrected chi connectivity index (χ2v) is 6.32. The van der Waals surface area contributed by atoms with Crippen LogP contribution in [0.3, 0.4) is 0 Å². The molecule has 3 rings (SSSR count). The van der Waals surface area contributed by atoms with Gasteiger partial charge in [0.25, 0.3) is 5.91 Å². The number of aromatic nitrogens is 3. The standard InChI is InChI=1S/C18H17BrN4O/c1-13-17(18(24)20-12-11-14-5-3-2-4-6-14)21-22-23(13)16-9-7-15(19)8-10-16/h2-10H,11-12H2,1H3,(H,20,24). The molecule has 3 aromatic rings. The largest absolute Gasteiger partial charge is 0.350 e. The molecule has 0 unspecified atom stereocenters. The number of hydrogen-bond acceptors (Lipinski definition) is 3. The number of nitrogens with zero attached hydrogens (tertiary/aromatic N) is 3. The van der Waals surface area contributed by atoms with Gasteiger partial charge in [0.15, 0.2) is 5.69 Å². The highest BCUT2D eigenvalue weighted by molar-refractivity contribution is 9.10. The number of nitrogens with one attached hydrogen (secondary N) is 1. The molecule has 0 atom stereocenters. The van der Waals surface area contributed by atoms with Crippen molar-refractivity contribution in [2.45, 2.75) is 13.3 Å². The highest BCUT2D eigenvalue weighted by Crippen LogP contribution is 2.16. The molecule has 0 aliphatic heterocycles. The molecule has 1 aromatic heterocycles. The highest BCUT2D eigenvalue weighted by Gasteiger charge is 2.16. The molecular weight excluding hydrogens is 368 g/mol. The zero-order valence-electron chi connectivity index (χ0n) is 13.2. The maximum absolute atomic E-state index is 12.3. The van der Waals surface area contributed by atoms with Crippen LogP contribution >= 0.6 is 15.9 Å². The molecular formula is C18H17BrN4O. The summed E-state index contributed by atoms with van der Waals surface area (Å²) in [6.45, 7) is 2.40. The third-order valence-electron chi connectivity index (χ3n) is 3.72. The Labute approximate surface area is 148 Å². The monoisotopic (exact) mass is 384 g/mol. The Morgan fingerprint density at radius 1 is 1.12 bits per heavy atom. The summed E-state index contributed by atoms with van der Waals surface area (Å²) in [6, 6.07) is 17.7. The van der Waals surface area contributed by atoms with Crippen LogP contribution in [-0.4, -0.2) is 27.4 Å². The maximum Gasteiger partial charge on any atom is 0.273 e. The van der Waals surface area contributed by atoms with E-state index in [1.54, 1.807) is 4.68 Å². The molecule has 2 aromatic carbocycles. The molecule has 122 valence electrons. The van der Waals surface area contributed by atoms with Crippen LogP contribution in [-0.2, 0) is 6.42 Å². The smallest absolute Gasteiger partial charge is 0.273 e. The Bertz CT molecular complexity index is 828. The van der Waals surface area contributed by atoms with Crippen LogP contribution in [0.1, 0.15) is 21.7 Å². The van der Waals surface area contributed by atoms with E-state index in [0.29, 0.717) is 12.2 Å². The van der Waals surface area contributed by atoms with E-state index in [4.69, 9.17) is 0 Å². The number of rotatable bonds is 5. The minimum Gasteiger partial charge on any atom is -0.350 e. The van der Waals surface area contributed by atoms with Gasteiger partial charge in [0.2, 0.25) is 0 Å². The lowest BCUT2D eigenvalue weighted by Gasteiger charge is -2.05. The van der Waals surface area contributed by atoms with Crippen LogP contribution < -0.4 is 5.32 Å². The summed E-state index contributed by atoms with van der Waals surface area (Å²) in [5, 5.41) is 11.0. The van der Waals surface area contributed by atoms with Gasteiger partial charge in [-0.1, -0.05) is 51.5 Å². The van der Waals surface area contributed by atoms with Crippen molar-refractivity contribution in [3.8, 4) is 5.69 Å². The second-order valence-electron chi connectivity index (χ2n) is 5.40. The van der Waals surface area contributed by atoms with E-state index in [1.807, 2.05) is 61.5 Å². The summed E-state index contributed by atoms with van der Waals surface area (Å²) in [4.78, 5) is 12.3. The Morgan fingerprint density at radius 3 is 2.54 bits per heavy atom. The first kappa shape index (κ1) is 16.4. The lowest BCUT2D eigenvalue weighted by atomic mass is 10.1. The van der Waals surface area contributed by atoms with Gasteiger partial charge in [0, 0.05) is 11.0 Å². The molecule has 0 saturated carbocycles. The molecule has 0 bridgehead atoms. The van der Waals surface area contributed by atoms with E-state index in [9.17, 15) is 4.79 Å². The van der Waals surface area contributed by atoms with Crippen molar-refractivity contribution in [1.82, 2.24) is 20.3 Å². The Balaban J connectivity index is 1.66. The van der Waals surface area contributed by atoms with Crippen LogP contribution in [0.2, 0.25) is 0 Å². The van der Waals surface area contributed by atoms with Gasteiger partial charge < -0.3 is 5.32 Å². The van der Waals surface area contributed by atoms with Crippen molar-refractivity contribution in [2.75, 3.05) is 6.54 Å².